The van der Waals surface area contributed by atoms with Gasteiger partial charge in [-0.2, -0.15) is 0 Å². The third kappa shape index (κ3) is 24.3. The minimum absolute atomic E-state index is 0.991. The highest BCUT2D eigenvalue weighted by atomic mass is 14.1. The van der Waals surface area contributed by atoms with E-state index in [1.807, 2.05) is 0 Å². The van der Waals surface area contributed by atoms with E-state index in [0.717, 1.165) is 18.8 Å². The van der Waals surface area contributed by atoms with Crippen molar-refractivity contribution in [3.05, 3.63) is 13.8 Å². The van der Waals surface area contributed by atoms with Crippen LogP contribution in [0.1, 0.15) is 174 Å². The zero-order valence-corrected chi connectivity index (χ0v) is 21.4. The van der Waals surface area contributed by atoms with Gasteiger partial charge >= 0.3 is 0 Å². The van der Waals surface area contributed by atoms with Crippen LogP contribution in [-0.2, 0) is 0 Å². The molecule has 0 heteroatoms. The molecular formula is C30H60. The van der Waals surface area contributed by atoms with E-state index >= 15 is 0 Å². The molecule has 180 valence electrons. The summed E-state index contributed by atoms with van der Waals surface area (Å²) in [7, 11) is 0. The van der Waals surface area contributed by atoms with Crippen molar-refractivity contribution < 1.29 is 0 Å². The summed E-state index contributed by atoms with van der Waals surface area (Å²) < 4.78 is 0. The molecule has 0 fully saturated rings. The third-order valence-corrected chi connectivity index (χ3v) is 7.05. The Balaban J connectivity index is 3.12. The Hall–Kier alpha value is 0. The van der Waals surface area contributed by atoms with Crippen LogP contribution < -0.4 is 0 Å². The lowest BCUT2D eigenvalue weighted by Crippen LogP contribution is -1.99. The van der Waals surface area contributed by atoms with Crippen LogP contribution >= 0.6 is 0 Å². The van der Waals surface area contributed by atoms with Gasteiger partial charge in [-0.1, -0.05) is 188 Å². The summed E-state index contributed by atoms with van der Waals surface area (Å²) in [5.41, 5.74) is 0. The van der Waals surface area contributed by atoms with E-state index in [1.54, 1.807) is 0 Å². The van der Waals surface area contributed by atoms with Crippen LogP contribution in [0, 0.1) is 19.8 Å². The fourth-order valence-corrected chi connectivity index (χ4v) is 4.78. The second-order valence-electron chi connectivity index (χ2n) is 9.98. The Bertz CT molecular complexity index is 282. The fourth-order valence-electron chi connectivity index (χ4n) is 4.78. The minimum atomic E-state index is 0.991. The predicted octanol–water partition coefficient (Wildman–Crippen LogP) is 11.4. The van der Waals surface area contributed by atoms with Gasteiger partial charge in [0.15, 0.2) is 0 Å². The lowest BCUT2D eigenvalue weighted by molar-refractivity contribution is 0.397. The van der Waals surface area contributed by atoms with Gasteiger partial charge in [-0.05, 0) is 5.92 Å². The summed E-state index contributed by atoms with van der Waals surface area (Å²) in [6.07, 6.45) is 37.1. The monoisotopic (exact) mass is 420 g/mol. The van der Waals surface area contributed by atoms with Crippen LogP contribution in [0.3, 0.4) is 0 Å². The number of unbranched alkanes of at least 4 members (excludes halogenated alkanes) is 21. The highest BCUT2D eigenvalue weighted by Gasteiger charge is 2.05. The quantitative estimate of drug-likeness (QED) is 0.122. The van der Waals surface area contributed by atoms with E-state index in [2.05, 4.69) is 20.8 Å². The van der Waals surface area contributed by atoms with Crippen molar-refractivity contribution in [1.82, 2.24) is 0 Å². The summed E-state index contributed by atoms with van der Waals surface area (Å²) in [4.78, 5) is 0. The van der Waals surface area contributed by atoms with Crippen molar-refractivity contribution in [2.45, 2.75) is 174 Å². The zero-order valence-electron chi connectivity index (χ0n) is 21.4. The second kappa shape index (κ2) is 27.0. The largest absolute Gasteiger partial charge is 0.0651 e. The highest BCUT2D eigenvalue weighted by Crippen LogP contribution is 2.21. The van der Waals surface area contributed by atoms with Crippen LogP contribution in [0.4, 0.5) is 0 Å². The molecule has 0 aromatic carbocycles. The minimum Gasteiger partial charge on any atom is -0.0651 e. The number of rotatable bonds is 26. The van der Waals surface area contributed by atoms with Gasteiger partial charge in [0.1, 0.15) is 0 Å². The molecule has 0 amide bonds. The SMILES string of the molecule is [CH2]CCCCCCCCCCCCCCCCCCCCCC(CC)CCCC[CH2]. The van der Waals surface area contributed by atoms with Crippen LogP contribution in [-0.4, -0.2) is 0 Å². The molecule has 2 radical (unpaired) electrons. The highest BCUT2D eigenvalue weighted by molar-refractivity contribution is 4.59. The molecule has 0 aliphatic rings. The van der Waals surface area contributed by atoms with Crippen LogP contribution in [0.15, 0.2) is 0 Å². The smallest absolute Gasteiger partial charge is 0.0417 e. The number of hydrogen-bond donors (Lipinski definition) is 0. The summed E-state index contributed by atoms with van der Waals surface area (Å²) in [5, 5.41) is 0. The standard InChI is InChI=1S/C30H60/c1-4-7-9-10-11-12-13-14-15-16-17-18-19-20-21-22-23-24-25-27-29-30(6-3)28-26-8-5-2/h30H,1-2,4-29H2,3H3. The molecule has 0 nitrogen and oxygen atoms in total. The van der Waals surface area contributed by atoms with Crippen molar-refractivity contribution in [3.63, 3.8) is 0 Å². The normalized spacial score (nSPS) is 12.5. The third-order valence-electron chi connectivity index (χ3n) is 7.05. The maximum atomic E-state index is 3.96. The van der Waals surface area contributed by atoms with Gasteiger partial charge in [0.05, 0.1) is 0 Å². The van der Waals surface area contributed by atoms with Gasteiger partial charge in [-0.15, -0.1) is 0 Å². The van der Waals surface area contributed by atoms with E-state index in [1.165, 1.54) is 154 Å². The lowest BCUT2D eigenvalue weighted by atomic mass is 9.92. The van der Waals surface area contributed by atoms with Crippen molar-refractivity contribution >= 4 is 0 Å². The van der Waals surface area contributed by atoms with Crippen molar-refractivity contribution in [2.24, 2.45) is 5.92 Å². The molecule has 1 unspecified atom stereocenters. The molecule has 30 heavy (non-hydrogen) atoms. The van der Waals surface area contributed by atoms with Gasteiger partial charge in [0, 0.05) is 0 Å². The molecule has 0 N–H and O–H groups in total. The average Bonchev–Trinajstić information content (AvgIpc) is 2.76. The van der Waals surface area contributed by atoms with Crippen LogP contribution in [0.25, 0.3) is 0 Å². The first-order valence-corrected chi connectivity index (χ1v) is 14.4. The Morgan fingerprint density at radius 3 is 0.900 bits per heavy atom. The average molecular weight is 421 g/mol. The molecule has 1 atom stereocenters. The molecule has 0 spiro atoms. The molecule has 0 bridgehead atoms. The van der Waals surface area contributed by atoms with E-state index in [4.69, 9.17) is 0 Å². The van der Waals surface area contributed by atoms with Crippen molar-refractivity contribution in [2.75, 3.05) is 0 Å². The van der Waals surface area contributed by atoms with Crippen molar-refractivity contribution in [1.29, 1.82) is 0 Å². The molecule has 0 saturated heterocycles. The first-order chi connectivity index (χ1) is 14.8. The molecule has 0 aliphatic carbocycles. The first-order valence-electron chi connectivity index (χ1n) is 14.4. The molecule has 0 heterocycles. The zero-order chi connectivity index (χ0) is 22.0. The molecule has 0 aromatic heterocycles. The Morgan fingerprint density at radius 1 is 0.367 bits per heavy atom. The maximum absolute atomic E-state index is 3.96. The van der Waals surface area contributed by atoms with Gasteiger partial charge in [0.25, 0.3) is 0 Å². The number of hydrogen-bond acceptors (Lipinski definition) is 0. The Morgan fingerprint density at radius 2 is 0.600 bits per heavy atom. The Kier molecular flexibility index (Phi) is 27.0. The second-order valence-corrected chi connectivity index (χ2v) is 9.98. The van der Waals surface area contributed by atoms with Gasteiger partial charge in [-0.3, -0.25) is 0 Å². The van der Waals surface area contributed by atoms with E-state index in [-0.39, 0.29) is 0 Å². The van der Waals surface area contributed by atoms with Gasteiger partial charge < -0.3 is 0 Å². The van der Waals surface area contributed by atoms with Gasteiger partial charge in [-0.25, -0.2) is 0 Å². The van der Waals surface area contributed by atoms with E-state index in [9.17, 15) is 0 Å². The predicted molar refractivity (Wildman–Crippen MR) is 140 cm³/mol. The maximum Gasteiger partial charge on any atom is -0.0417 e. The molecule has 0 aromatic rings. The van der Waals surface area contributed by atoms with Crippen molar-refractivity contribution in [3.8, 4) is 0 Å². The summed E-state index contributed by atoms with van der Waals surface area (Å²) in [6, 6.07) is 0. The van der Waals surface area contributed by atoms with E-state index in [0.29, 0.717) is 0 Å². The van der Waals surface area contributed by atoms with E-state index < -0.39 is 0 Å². The van der Waals surface area contributed by atoms with Crippen LogP contribution in [0.2, 0.25) is 0 Å². The molecular weight excluding hydrogens is 360 g/mol. The fraction of sp³-hybridized carbons (Fsp3) is 0.933. The summed E-state index contributed by atoms with van der Waals surface area (Å²) in [5.74, 6) is 0.991. The Labute approximate surface area is 193 Å². The van der Waals surface area contributed by atoms with Gasteiger partial charge in [0.2, 0.25) is 0 Å². The first kappa shape index (κ1) is 30.0. The molecule has 0 saturated carbocycles. The topological polar surface area (TPSA) is 0 Å². The summed E-state index contributed by atoms with van der Waals surface area (Å²) >= 11 is 0. The molecule has 0 rings (SSSR count). The summed E-state index contributed by atoms with van der Waals surface area (Å²) in [6.45, 7) is 10.3. The van der Waals surface area contributed by atoms with Crippen LogP contribution in [0.5, 0.6) is 0 Å². The lowest BCUT2D eigenvalue weighted by Gasteiger charge is -2.14. The molecule has 0 aliphatic heterocycles.